The molecule has 0 radical (unpaired) electrons. The fourth-order valence-corrected chi connectivity index (χ4v) is 2.67. The van der Waals surface area contributed by atoms with Crippen LogP contribution in [0.25, 0.3) is 16.8 Å². The Balaban J connectivity index is 1.61. The third-order valence-corrected chi connectivity index (χ3v) is 4.20. The molecule has 1 aromatic carbocycles. The molecule has 0 amide bonds. The first-order valence-electron chi connectivity index (χ1n) is 7.13. The van der Waals surface area contributed by atoms with Gasteiger partial charge in [-0.2, -0.15) is 0 Å². The van der Waals surface area contributed by atoms with Gasteiger partial charge in [0.05, 0.1) is 4.88 Å². The summed E-state index contributed by atoms with van der Waals surface area (Å²) in [7, 11) is 0. The van der Waals surface area contributed by atoms with E-state index >= 15 is 0 Å². The normalized spacial score (nSPS) is 12.4. The molecule has 0 aliphatic heterocycles. The van der Waals surface area contributed by atoms with Crippen LogP contribution in [0.4, 0.5) is 0 Å². The molecule has 0 unspecified atom stereocenters. The van der Waals surface area contributed by atoms with Gasteiger partial charge in [0.25, 0.3) is 11.8 Å². The van der Waals surface area contributed by atoms with Gasteiger partial charge < -0.3 is 9.15 Å². The van der Waals surface area contributed by atoms with Crippen LogP contribution in [-0.2, 0) is 9.53 Å². The highest BCUT2D eigenvalue weighted by atomic mass is 35.5. The third-order valence-electron chi connectivity index (χ3n) is 3.10. The van der Waals surface area contributed by atoms with Crippen molar-refractivity contribution in [2.75, 3.05) is 0 Å². The summed E-state index contributed by atoms with van der Waals surface area (Å²) in [6.07, 6.45) is 2.36. The Morgan fingerprint density at radius 2 is 2.08 bits per heavy atom. The zero-order chi connectivity index (χ0) is 16.9. The van der Waals surface area contributed by atoms with Crippen LogP contribution in [0, 0.1) is 0 Å². The molecule has 2 heterocycles. The first-order chi connectivity index (χ1) is 11.6. The minimum absolute atomic E-state index is 0.256. The number of esters is 1. The van der Waals surface area contributed by atoms with Crippen LogP contribution in [0.2, 0.25) is 5.02 Å². The quantitative estimate of drug-likeness (QED) is 0.484. The molecule has 2 aromatic heterocycles. The van der Waals surface area contributed by atoms with E-state index in [-0.39, 0.29) is 5.89 Å². The predicted octanol–water partition coefficient (Wildman–Crippen LogP) is 4.77. The topological polar surface area (TPSA) is 65.2 Å². The molecule has 0 saturated carbocycles. The van der Waals surface area contributed by atoms with E-state index in [1.807, 2.05) is 17.5 Å². The molecule has 3 rings (SSSR count). The van der Waals surface area contributed by atoms with Crippen LogP contribution < -0.4 is 0 Å². The van der Waals surface area contributed by atoms with Crippen LogP contribution >= 0.6 is 22.9 Å². The minimum atomic E-state index is -0.631. The molecule has 5 nitrogen and oxygen atoms in total. The highest BCUT2D eigenvalue weighted by Crippen LogP contribution is 2.25. The summed E-state index contributed by atoms with van der Waals surface area (Å²) in [5.74, 6) is 0.180. The molecule has 122 valence electrons. The Morgan fingerprint density at radius 3 is 2.79 bits per heavy atom. The van der Waals surface area contributed by atoms with Gasteiger partial charge in [0.1, 0.15) is 0 Å². The van der Waals surface area contributed by atoms with Gasteiger partial charge in [-0.3, -0.25) is 0 Å². The van der Waals surface area contributed by atoms with E-state index < -0.39 is 12.1 Å². The standard InChI is InChI=1S/C17H13ClN2O3S/c1-11(16-19-20-17(23-16)14-3-2-10-24-14)22-15(21)9-6-12-4-7-13(18)8-5-12/h2-11H,1H3/b9-6+/t11-/m0/s1. The maximum absolute atomic E-state index is 11.9. The highest BCUT2D eigenvalue weighted by molar-refractivity contribution is 7.13. The van der Waals surface area contributed by atoms with Crippen molar-refractivity contribution in [2.45, 2.75) is 13.0 Å². The fraction of sp³-hybridized carbons (Fsp3) is 0.118. The van der Waals surface area contributed by atoms with Crippen LogP contribution in [0.1, 0.15) is 24.5 Å². The number of hydrogen-bond acceptors (Lipinski definition) is 6. The van der Waals surface area contributed by atoms with Gasteiger partial charge >= 0.3 is 5.97 Å². The summed E-state index contributed by atoms with van der Waals surface area (Å²) in [6.45, 7) is 1.68. The van der Waals surface area contributed by atoms with E-state index in [1.165, 1.54) is 17.4 Å². The summed E-state index contributed by atoms with van der Waals surface area (Å²) in [5, 5.41) is 10.4. The Morgan fingerprint density at radius 1 is 1.29 bits per heavy atom. The van der Waals surface area contributed by atoms with Crippen LogP contribution in [0.5, 0.6) is 0 Å². The SMILES string of the molecule is C[C@H](OC(=O)/C=C/c1ccc(Cl)cc1)c1nnc(-c2cccs2)o1. The van der Waals surface area contributed by atoms with Crippen molar-refractivity contribution in [3.63, 3.8) is 0 Å². The Bertz CT molecular complexity index is 841. The van der Waals surface area contributed by atoms with Gasteiger partial charge in [0, 0.05) is 11.1 Å². The van der Waals surface area contributed by atoms with Gasteiger partial charge in [-0.25, -0.2) is 4.79 Å². The van der Waals surface area contributed by atoms with E-state index in [0.29, 0.717) is 10.9 Å². The molecule has 1 atom stereocenters. The second kappa shape index (κ2) is 7.42. The van der Waals surface area contributed by atoms with E-state index in [9.17, 15) is 4.79 Å². The van der Waals surface area contributed by atoms with E-state index in [0.717, 1.165) is 10.4 Å². The summed E-state index contributed by atoms with van der Waals surface area (Å²) >= 11 is 7.31. The average molecular weight is 361 g/mol. The van der Waals surface area contributed by atoms with Crippen molar-refractivity contribution >= 4 is 35.0 Å². The van der Waals surface area contributed by atoms with Gasteiger partial charge in [-0.15, -0.1) is 21.5 Å². The van der Waals surface area contributed by atoms with Crippen molar-refractivity contribution < 1.29 is 13.9 Å². The Kier molecular flexibility index (Phi) is 5.08. The van der Waals surface area contributed by atoms with Crippen LogP contribution in [0.3, 0.4) is 0 Å². The number of nitrogens with zero attached hydrogens (tertiary/aromatic N) is 2. The summed E-state index contributed by atoms with van der Waals surface area (Å²) in [6, 6.07) is 10.9. The van der Waals surface area contributed by atoms with E-state index in [4.69, 9.17) is 20.8 Å². The molecule has 0 spiro atoms. The molecule has 7 heteroatoms. The van der Waals surface area contributed by atoms with Crippen molar-refractivity contribution in [3.8, 4) is 10.8 Å². The number of hydrogen-bond donors (Lipinski definition) is 0. The molecule has 0 N–H and O–H groups in total. The third kappa shape index (κ3) is 4.10. The molecular weight excluding hydrogens is 348 g/mol. The minimum Gasteiger partial charge on any atom is -0.449 e. The largest absolute Gasteiger partial charge is 0.449 e. The highest BCUT2D eigenvalue weighted by Gasteiger charge is 2.18. The number of halogens is 1. The van der Waals surface area contributed by atoms with Gasteiger partial charge in [-0.05, 0) is 42.1 Å². The summed E-state index contributed by atoms with van der Waals surface area (Å²) in [5.41, 5.74) is 0.849. The van der Waals surface area contributed by atoms with Gasteiger partial charge in [-0.1, -0.05) is 29.8 Å². The molecule has 0 aliphatic carbocycles. The van der Waals surface area contributed by atoms with Crippen molar-refractivity contribution in [1.82, 2.24) is 10.2 Å². The lowest BCUT2D eigenvalue weighted by atomic mass is 10.2. The smallest absolute Gasteiger partial charge is 0.331 e. The number of ether oxygens (including phenoxy) is 1. The Hall–Kier alpha value is -2.44. The summed E-state index contributed by atoms with van der Waals surface area (Å²) in [4.78, 5) is 12.7. The maximum Gasteiger partial charge on any atom is 0.331 e. The number of carbonyl (C=O) groups is 1. The first-order valence-corrected chi connectivity index (χ1v) is 8.39. The number of carbonyl (C=O) groups excluding carboxylic acids is 1. The number of benzene rings is 1. The van der Waals surface area contributed by atoms with Crippen molar-refractivity contribution in [3.05, 3.63) is 64.3 Å². The van der Waals surface area contributed by atoms with E-state index in [2.05, 4.69) is 10.2 Å². The second-order valence-corrected chi connectivity index (χ2v) is 6.27. The number of rotatable bonds is 5. The molecule has 0 fully saturated rings. The lowest BCUT2D eigenvalue weighted by Crippen LogP contribution is -2.06. The monoisotopic (exact) mass is 360 g/mol. The van der Waals surface area contributed by atoms with Gasteiger partial charge in [0.2, 0.25) is 0 Å². The number of aromatic nitrogens is 2. The lowest BCUT2D eigenvalue weighted by Gasteiger charge is -2.06. The predicted molar refractivity (Wildman–Crippen MR) is 92.6 cm³/mol. The summed E-state index contributed by atoms with van der Waals surface area (Å²) < 4.78 is 10.8. The molecular formula is C17H13ClN2O3S. The lowest BCUT2D eigenvalue weighted by molar-refractivity contribution is -0.143. The van der Waals surface area contributed by atoms with E-state index in [1.54, 1.807) is 37.3 Å². The second-order valence-electron chi connectivity index (χ2n) is 4.89. The van der Waals surface area contributed by atoms with Crippen molar-refractivity contribution in [2.24, 2.45) is 0 Å². The molecule has 0 bridgehead atoms. The molecule has 24 heavy (non-hydrogen) atoms. The Labute approximate surface area is 147 Å². The zero-order valence-corrected chi connectivity index (χ0v) is 14.3. The van der Waals surface area contributed by atoms with Crippen molar-refractivity contribution in [1.29, 1.82) is 0 Å². The maximum atomic E-state index is 11.9. The zero-order valence-electron chi connectivity index (χ0n) is 12.7. The fourth-order valence-electron chi connectivity index (χ4n) is 1.90. The van der Waals surface area contributed by atoms with Gasteiger partial charge in [0.15, 0.2) is 6.10 Å². The molecule has 0 aliphatic rings. The first kappa shape index (κ1) is 16.4. The molecule has 3 aromatic rings. The number of thiophene rings is 1. The molecule has 0 saturated heterocycles. The van der Waals surface area contributed by atoms with Crippen LogP contribution in [0.15, 0.2) is 52.3 Å². The average Bonchev–Trinajstić information content (AvgIpc) is 3.25. The van der Waals surface area contributed by atoms with Crippen LogP contribution in [-0.4, -0.2) is 16.2 Å².